The summed E-state index contributed by atoms with van der Waals surface area (Å²) in [6, 6.07) is 5.99. The molecule has 1 heterocycles. The van der Waals surface area contributed by atoms with Crippen molar-refractivity contribution in [3.8, 4) is 0 Å². The lowest BCUT2D eigenvalue weighted by molar-refractivity contribution is 0.119. The van der Waals surface area contributed by atoms with Gasteiger partial charge in [-0.15, -0.1) is 0 Å². The zero-order chi connectivity index (χ0) is 16.1. The van der Waals surface area contributed by atoms with Crippen molar-refractivity contribution >= 4 is 29.2 Å². The largest absolute Gasteiger partial charge is 0.338 e. The van der Waals surface area contributed by atoms with Gasteiger partial charge in [0.05, 0.1) is 0 Å². The third-order valence-corrected chi connectivity index (χ3v) is 4.60. The first-order valence-corrected chi connectivity index (χ1v) is 8.43. The van der Waals surface area contributed by atoms with Crippen LogP contribution in [0.5, 0.6) is 0 Å². The average Bonchev–Trinajstić information content (AvgIpc) is 2.49. The fourth-order valence-electron chi connectivity index (χ4n) is 2.58. The minimum atomic E-state index is 0.00786. The number of nitrogens with one attached hydrogen (secondary N) is 1. The second-order valence-electron chi connectivity index (χ2n) is 5.83. The Morgan fingerprint density at radius 3 is 2.50 bits per heavy atom. The van der Waals surface area contributed by atoms with E-state index < -0.39 is 0 Å². The molecule has 1 aromatic carbocycles. The van der Waals surface area contributed by atoms with Gasteiger partial charge < -0.3 is 10.2 Å². The van der Waals surface area contributed by atoms with Crippen molar-refractivity contribution in [1.82, 2.24) is 15.1 Å². The lowest BCUT2D eigenvalue weighted by atomic mass is 10.1. The minimum Gasteiger partial charge on any atom is -0.338 e. The summed E-state index contributed by atoms with van der Waals surface area (Å²) in [6.45, 7) is 8.39. The summed E-state index contributed by atoms with van der Waals surface area (Å²) in [7, 11) is 0. The number of piperazine rings is 1. The molecule has 122 valence electrons. The van der Waals surface area contributed by atoms with E-state index in [2.05, 4.69) is 24.1 Å². The van der Waals surface area contributed by atoms with Gasteiger partial charge in [0.1, 0.15) is 0 Å². The quantitative estimate of drug-likeness (QED) is 0.910. The van der Waals surface area contributed by atoms with Gasteiger partial charge in [0, 0.05) is 48.8 Å². The highest BCUT2D eigenvalue weighted by Crippen LogP contribution is 2.21. The van der Waals surface area contributed by atoms with Gasteiger partial charge in [0.2, 0.25) is 0 Å². The SMILES string of the molecule is CC(C)N1CCN(C(=O)NCCc2ccc(Cl)cc2Cl)CC1. The second kappa shape index (κ2) is 8.04. The van der Waals surface area contributed by atoms with Gasteiger partial charge >= 0.3 is 6.03 Å². The van der Waals surface area contributed by atoms with Crippen LogP contribution in [0.3, 0.4) is 0 Å². The maximum absolute atomic E-state index is 12.1. The zero-order valence-corrected chi connectivity index (χ0v) is 14.6. The van der Waals surface area contributed by atoms with E-state index >= 15 is 0 Å². The number of halogens is 2. The Morgan fingerprint density at radius 1 is 1.23 bits per heavy atom. The number of urea groups is 1. The summed E-state index contributed by atoms with van der Waals surface area (Å²) >= 11 is 12.0. The molecule has 0 saturated carbocycles. The first kappa shape index (κ1) is 17.4. The van der Waals surface area contributed by atoms with Gasteiger partial charge in [-0.05, 0) is 38.0 Å². The van der Waals surface area contributed by atoms with Crippen molar-refractivity contribution in [2.24, 2.45) is 0 Å². The predicted molar refractivity (Wildman–Crippen MR) is 91.8 cm³/mol. The maximum Gasteiger partial charge on any atom is 0.317 e. The number of rotatable bonds is 4. The molecule has 1 saturated heterocycles. The number of amides is 2. The summed E-state index contributed by atoms with van der Waals surface area (Å²) in [5.74, 6) is 0. The monoisotopic (exact) mass is 343 g/mol. The molecule has 1 fully saturated rings. The molecule has 2 rings (SSSR count). The van der Waals surface area contributed by atoms with E-state index in [4.69, 9.17) is 23.2 Å². The zero-order valence-electron chi connectivity index (χ0n) is 13.1. The van der Waals surface area contributed by atoms with Crippen LogP contribution in [0.4, 0.5) is 4.79 Å². The Balaban J connectivity index is 1.74. The van der Waals surface area contributed by atoms with Gasteiger partial charge in [0.15, 0.2) is 0 Å². The summed E-state index contributed by atoms with van der Waals surface area (Å²) in [6.07, 6.45) is 0.702. The van der Waals surface area contributed by atoms with Gasteiger partial charge in [-0.1, -0.05) is 29.3 Å². The summed E-state index contributed by atoms with van der Waals surface area (Å²) in [5, 5.41) is 4.23. The van der Waals surface area contributed by atoms with Gasteiger partial charge in [-0.3, -0.25) is 4.90 Å². The lowest BCUT2D eigenvalue weighted by Gasteiger charge is -2.36. The summed E-state index contributed by atoms with van der Waals surface area (Å²) in [4.78, 5) is 16.4. The van der Waals surface area contributed by atoms with Gasteiger partial charge in [-0.2, -0.15) is 0 Å². The maximum atomic E-state index is 12.1. The van der Waals surface area contributed by atoms with Crippen LogP contribution in [0.1, 0.15) is 19.4 Å². The third kappa shape index (κ3) is 4.77. The van der Waals surface area contributed by atoms with Crippen LogP contribution in [-0.2, 0) is 6.42 Å². The second-order valence-corrected chi connectivity index (χ2v) is 6.68. The van der Waals surface area contributed by atoms with Crippen LogP contribution in [0, 0.1) is 0 Å². The smallest absolute Gasteiger partial charge is 0.317 e. The van der Waals surface area contributed by atoms with Crippen LogP contribution in [0.15, 0.2) is 18.2 Å². The summed E-state index contributed by atoms with van der Waals surface area (Å²) < 4.78 is 0. The van der Waals surface area contributed by atoms with Crippen LogP contribution < -0.4 is 5.32 Å². The van der Waals surface area contributed by atoms with E-state index in [9.17, 15) is 4.79 Å². The molecule has 0 radical (unpaired) electrons. The Morgan fingerprint density at radius 2 is 1.91 bits per heavy atom. The van der Waals surface area contributed by atoms with Gasteiger partial charge in [-0.25, -0.2) is 4.79 Å². The molecule has 0 aliphatic carbocycles. The van der Waals surface area contributed by atoms with E-state index in [1.54, 1.807) is 6.07 Å². The number of hydrogen-bond acceptors (Lipinski definition) is 2. The van der Waals surface area contributed by atoms with Crippen molar-refractivity contribution in [2.75, 3.05) is 32.7 Å². The number of carbonyl (C=O) groups excluding carboxylic acids is 1. The summed E-state index contributed by atoms with van der Waals surface area (Å²) in [5.41, 5.74) is 0.996. The minimum absolute atomic E-state index is 0.00786. The van der Waals surface area contributed by atoms with Crippen molar-refractivity contribution in [1.29, 1.82) is 0 Å². The lowest BCUT2D eigenvalue weighted by Crippen LogP contribution is -2.53. The first-order valence-electron chi connectivity index (χ1n) is 7.68. The Hall–Kier alpha value is -0.970. The van der Waals surface area contributed by atoms with Crippen molar-refractivity contribution in [3.63, 3.8) is 0 Å². The van der Waals surface area contributed by atoms with E-state index in [1.165, 1.54) is 0 Å². The highest BCUT2D eigenvalue weighted by atomic mass is 35.5. The molecule has 2 amide bonds. The molecule has 1 aliphatic heterocycles. The normalized spacial score (nSPS) is 16.1. The fraction of sp³-hybridized carbons (Fsp3) is 0.562. The van der Waals surface area contributed by atoms with Crippen LogP contribution in [-0.4, -0.2) is 54.6 Å². The fourth-order valence-corrected chi connectivity index (χ4v) is 3.08. The van der Waals surface area contributed by atoms with E-state index in [-0.39, 0.29) is 6.03 Å². The third-order valence-electron chi connectivity index (χ3n) is 4.02. The molecule has 0 atom stereocenters. The van der Waals surface area contributed by atoms with Crippen molar-refractivity contribution in [3.05, 3.63) is 33.8 Å². The number of nitrogens with zero attached hydrogens (tertiary/aromatic N) is 2. The molecular formula is C16H23Cl2N3O. The molecule has 1 aliphatic rings. The van der Waals surface area contributed by atoms with Gasteiger partial charge in [0.25, 0.3) is 0 Å². The first-order chi connectivity index (χ1) is 10.5. The molecule has 0 unspecified atom stereocenters. The molecule has 0 spiro atoms. The molecule has 1 aromatic rings. The molecule has 0 aromatic heterocycles. The highest BCUT2D eigenvalue weighted by Gasteiger charge is 2.21. The topological polar surface area (TPSA) is 35.6 Å². The number of benzene rings is 1. The molecular weight excluding hydrogens is 321 g/mol. The van der Waals surface area contributed by atoms with E-state index in [1.807, 2.05) is 17.0 Å². The average molecular weight is 344 g/mol. The number of hydrogen-bond donors (Lipinski definition) is 1. The Labute approximate surface area is 142 Å². The van der Waals surface area contributed by atoms with E-state index in [0.29, 0.717) is 29.1 Å². The predicted octanol–water partition coefficient (Wildman–Crippen LogP) is 3.27. The standard InChI is InChI=1S/C16H23Cl2N3O/c1-12(2)20-7-9-21(10-8-20)16(22)19-6-5-13-3-4-14(17)11-15(13)18/h3-4,11-12H,5-10H2,1-2H3,(H,19,22). The molecule has 4 nitrogen and oxygen atoms in total. The molecule has 1 N–H and O–H groups in total. The van der Waals surface area contributed by atoms with Crippen molar-refractivity contribution in [2.45, 2.75) is 26.3 Å². The molecule has 6 heteroatoms. The van der Waals surface area contributed by atoms with E-state index in [0.717, 1.165) is 31.7 Å². The Bertz CT molecular complexity index is 514. The molecule has 22 heavy (non-hydrogen) atoms. The number of carbonyl (C=O) groups is 1. The van der Waals surface area contributed by atoms with Crippen molar-refractivity contribution < 1.29 is 4.79 Å². The highest BCUT2D eigenvalue weighted by molar-refractivity contribution is 6.35. The molecule has 0 bridgehead atoms. The van der Waals surface area contributed by atoms with Crippen LogP contribution in [0.2, 0.25) is 10.0 Å². The Kier molecular flexibility index (Phi) is 6.36. The van der Waals surface area contributed by atoms with Crippen LogP contribution >= 0.6 is 23.2 Å². The van der Waals surface area contributed by atoms with Crippen LogP contribution in [0.25, 0.3) is 0 Å².